The highest BCUT2D eigenvalue weighted by Gasteiger charge is 2.23. The molecule has 1 aliphatic heterocycles. The molecule has 7 heteroatoms. The Morgan fingerprint density at radius 3 is 2.53 bits per heavy atom. The van der Waals surface area contributed by atoms with Gasteiger partial charge in [0.15, 0.2) is 11.6 Å². The van der Waals surface area contributed by atoms with Gasteiger partial charge in [-0.2, -0.15) is 0 Å². The molecule has 7 nitrogen and oxygen atoms in total. The standard InChI is InChI=1S/C23H28N4O3/c1-16-12-21(18(3)27(16)23-13-17(2)30-24-23)22(28)15-25-8-10-26(11-9-25)19-6-5-7-20(14-19)29-4/h5-7,12-14H,8-11,15H2,1-4H3. The molecular weight excluding hydrogens is 380 g/mol. The average molecular weight is 409 g/mol. The van der Waals surface area contributed by atoms with Gasteiger partial charge in [-0.15, -0.1) is 0 Å². The molecule has 3 aromatic rings. The Kier molecular flexibility index (Phi) is 5.63. The van der Waals surface area contributed by atoms with Gasteiger partial charge in [0.2, 0.25) is 0 Å². The summed E-state index contributed by atoms with van der Waals surface area (Å²) in [7, 11) is 1.68. The molecule has 0 spiro atoms. The van der Waals surface area contributed by atoms with Gasteiger partial charge in [-0.05, 0) is 39.0 Å². The first kappa shape index (κ1) is 20.2. The van der Waals surface area contributed by atoms with Crippen molar-refractivity contribution < 1.29 is 14.1 Å². The molecule has 1 aliphatic rings. The van der Waals surface area contributed by atoms with Crippen molar-refractivity contribution in [2.75, 3.05) is 44.7 Å². The van der Waals surface area contributed by atoms with Crippen molar-refractivity contribution in [3.8, 4) is 11.6 Å². The second kappa shape index (κ2) is 8.36. The summed E-state index contributed by atoms with van der Waals surface area (Å²) in [6.45, 7) is 9.71. The molecule has 0 amide bonds. The van der Waals surface area contributed by atoms with Gasteiger partial charge in [0.1, 0.15) is 11.5 Å². The maximum Gasteiger partial charge on any atom is 0.180 e. The summed E-state index contributed by atoms with van der Waals surface area (Å²) in [5.74, 6) is 2.47. The lowest BCUT2D eigenvalue weighted by Gasteiger charge is -2.35. The van der Waals surface area contributed by atoms with Gasteiger partial charge in [-0.1, -0.05) is 11.2 Å². The number of hydrogen-bond acceptors (Lipinski definition) is 6. The Hall–Kier alpha value is -3.06. The predicted octanol–water partition coefficient (Wildman–Crippen LogP) is 3.40. The number of nitrogens with zero attached hydrogens (tertiary/aromatic N) is 4. The lowest BCUT2D eigenvalue weighted by molar-refractivity contribution is 0.0926. The van der Waals surface area contributed by atoms with Crippen molar-refractivity contribution >= 4 is 11.5 Å². The van der Waals surface area contributed by atoms with Crippen LogP contribution >= 0.6 is 0 Å². The van der Waals surface area contributed by atoms with Crippen LogP contribution in [0.5, 0.6) is 5.75 Å². The molecule has 0 unspecified atom stereocenters. The minimum Gasteiger partial charge on any atom is -0.497 e. The van der Waals surface area contributed by atoms with E-state index in [1.807, 2.05) is 49.6 Å². The maximum atomic E-state index is 13.0. The topological polar surface area (TPSA) is 63.7 Å². The van der Waals surface area contributed by atoms with Crippen LogP contribution in [-0.2, 0) is 0 Å². The average Bonchev–Trinajstić information content (AvgIpc) is 3.30. The van der Waals surface area contributed by atoms with E-state index in [0.717, 1.165) is 60.3 Å². The molecule has 0 N–H and O–H groups in total. The second-order valence-electron chi connectivity index (χ2n) is 7.80. The number of rotatable bonds is 6. The lowest BCUT2D eigenvalue weighted by atomic mass is 10.1. The molecule has 0 atom stereocenters. The van der Waals surface area contributed by atoms with Gasteiger partial charge in [0.25, 0.3) is 0 Å². The van der Waals surface area contributed by atoms with E-state index in [9.17, 15) is 4.79 Å². The number of piperazine rings is 1. The molecule has 0 saturated carbocycles. The first-order chi connectivity index (χ1) is 14.5. The van der Waals surface area contributed by atoms with Crippen LogP contribution in [0, 0.1) is 20.8 Å². The van der Waals surface area contributed by atoms with Gasteiger partial charge in [0, 0.05) is 61.0 Å². The van der Waals surface area contributed by atoms with Crippen LogP contribution in [0.1, 0.15) is 27.5 Å². The molecule has 2 aromatic heterocycles. The molecule has 0 bridgehead atoms. The van der Waals surface area contributed by atoms with Crippen LogP contribution in [0.15, 0.2) is 40.9 Å². The summed E-state index contributed by atoms with van der Waals surface area (Å²) in [6, 6.07) is 12.0. The number of aryl methyl sites for hydroxylation is 2. The van der Waals surface area contributed by atoms with E-state index in [-0.39, 0.29) is 5.78 Å². The maximum absolute atomic E-state index is 13.0. The Morgan fingerprint density at radius 2 is 1.87 bits per heavy atom. The van der Waals surface area contributed by atoms with Crippen molar-refractivity contribution in [3.63, 3.8) is 0 Å². The number of hydrogen-bond donors (Lipinski definition) is 0. The van der Waals surface area contributed by atoms with Gasteiger partial charge in [-0.25, -0.2) is 0 Å². The zero-order valence-corrected chi connectivity index (χ0v) is 18.0. The monoisotopic (exact) mass is 408 g/mol. The third kappa shape index (κ3) is 3.98. The minimum absolute atomic E-state index is 0.143. The lowest BCUT2D eigenvalue weighted by Crippen LogP contribution is -2.48. The van der Waals surface area contributed by atoms with E-state index in [1.54, 1.807) is 7.11 Å². The highest BCUT2D eigenvalue weighted by molar-refractivity contribution is 5.99. The number of carbonyl (C=O) groups is 1. The largest absolute Gasteiger partial charge is 0.497 e. The number of methoxy groups -OCH3 is 1. The fraction of sp³-hybridized carbons (Fsp3) is 0.391. The Balaban J connectivity index is 1.41. The second-order valence-corrected chi connectivity index (χ2v) is 7.80. The molecular formula is C23H28N4O3. The van der Waals surface area contributed by atoms with Crippen LogP contribution < -0.4 is 9.64 Å². The number of carbonyl (C=O) groups excluding carboxylic acids is 1. The molecule has 3 heterocycles. The summed E-state index contributed by atoms with van der Waals surface area (Å²) in [5, 5.41) is 4.10. The predicted molar refractivity (Wildman–Crippen MR) is 116 cm³/mol. The SMILES string of the molecule is COc1cccc(N2CCN(CC(=O)c3cc(C)n(-c4cc(C)on4)c3C)CC2)c1. The molecule has 0 radical (unpaired) electrons. The molecule has 158 valence electrons. The summed E-state index contributed by atoms with van der Waals surface area (Å²) in [4.78, 5) is 17.6. The Labute approximate surface area is 176 Å². The summed E-state index contributed by atoms with van der Waals surface area (Å²) in [5.41, 5.74) is 3.79. The first-order valence-electron chi connectivity index (χ1n) is 10.2. The van der Waals surface area contributed by atoms with Crippen LogP contribution in [0.3, 0.4) is 0 Å². The molecule has 1 fully saturated rings. The van der Waals surface area contributed by atoms with Crippen molar-refractivity contribution in [1.82, 2.24) is 14.6 Å². The molecule has 1 saturated heterocycles. The normalized spacial score (nSPS) is 14.9. The van der Waals surface area contributed by atoms with Gasteiger partial charge in [0.05, 0.1) is 13.7 Å². The highest BCUT2D eigenvalue weighted by atomic mass is 16.5. The minimum atomic E-state index is 0.143. The van der Waals surface area contributed by atoms with Crippen molar-refractivity contribution in [2.24, 2.45) is 0 Å². The van der Waals surface area contributed by atoms with Crippen LogP contribution in [-0.4, -0.2) is 60.2 Å². The van der Waals surface area contributed by atoms with E-state index in [4.69, 9.17) is 9.26 Å². The van der Waals surface area contributed by atoms with E-state index in [1.165, 1.54) is 0 Å². The van der Waals surface area contributed by atoms with Crippen LogP contribution in [0.2, 0.25) is 0 Å². The number of aromatic nitrogens is 2. The summed E-state index contributed by atoms with van der Waals surface area (Å²) < 4.78 is 12.5. The van der Waals surface area contributed by atoms with Crippen molar-refractivity contribution in [3.05, 3.63) is 59.1 Å². The number of anilines is 1. The third-order valence-electron chi connectivity index (χ3n) is 5.73. The number of Topliss-reactive ketones (excluding diaryl/α,β-unsaturated/α-hetero) is 1. The van der Waals surface area contributed by atoms with E-state index >= 15 is 0 Å². The fourth-order valence-corrected chi connectivity index (χ4v) is 4.12. The van der Waals surface area contributed by atoms with Gasteiger partial charge in [-0.3, -0.25) is 14.3 Å². The van der Waals surface area contributed by atoms with Crippen LogP contribution in [0.25, 0.3) is 5.82 Å². The molecule has 1 aromatic carbocycles. The zero-order valence-electron chi connectivity index (χ0n) is 18.0. The molecule has 30 heavy (non-hydrogen) atoms. The smallest absolute Gasteiger partial charge is 0.180 e. The van der Waals surface area contributed by atoms with E-state index < -0.39 is 0 Å². The fourth-order valence-electron chi connectivity index (χ4n) is 4.12. The summed E-state index contributed by atoms with van der Waals surface area (Å²) in [6.07, 6.45) is 0. The van der Waals surface area contributed by atoms with Crippen molar-refractivity contribution in [1.29, 1.82) is 0 Å². The number of ether oxygens (including phenoxy) is 1. The first-order valence-corrected chi connectivity index (χ1v) is 10.2. The Morgan fingerprint density at radius 1 is 1.10 bits per heavy atom. The summed E-state index contributed by atoms with van der Waals surface area (Å²) >= 11 is 0. The van der Waals surface area contributed by atoms with Crippen molar-refractivity contribution in [2.45, 2.75) is 20.8 Å². The third-order valence-corrected chi connectivity index (χ3v) is 5.73. The number of ketones is 1. The van der Waals surface area contributed by atoms with Gasteiger partial charge < -0.3 is 14.2 Å². The van der Waals surface area contributed by atoms with Gasteiger partial charge >= 0.3 is 0 Å². The van der Waals surface area contributed by atoms with Crippen LogP contribution in [0.4, 0.5) is 5.69 Å². The molecule has 0 aliphatic carbocycles. The Bertz CT molecular complexity index is 1040. The zero-order chi connectivity index (χ0) is 21.3. The number of benzene rings is 1. The quantitative estimate of drug-likeness (QED) is 0.583. The van der Waals surface area contributed by atoms with E-state index in [0.29, 0.717) is 12.4 Å². The molecule has 4 rings (SSSR count). The van der Waals surface area contributed by atoms with E-state index in [2.05, 4.69) is 27.1 Å². The highest BCUT2D eigenvalue weighted by Crippen LogP contribution is 2.23.